The highest BCUT2D eigenvalue weighted by Gasteiger charge is 2.24. The van der Waals surface area contributed by atoms with E-state index < -0.39 is 17.0 Å². The number of carboxylic acids is 1. The van der Waals surface area contributed by atoms with Crippen LogP contribution in [0.5, 0.6) is 5.75 Å². The first kappa shape index (κ1) is 26.6. The van der Waals surface area contributed by atoms with E-state index in [0.29, 0.717) is 23.2 Å². The molecule has 0 radical (unpaired) electrons. The van der Waals surface area contributed by atoms with Gasteiger partial charge in [-0.25, -0.2) is 14.0 Å². The van der Waals surface area contributed by atoms with E-state index in [9.17, 15) is 9.00 Å². The highest BCUT2D eigenvalue weighted by molar-refractivity contribution is 7.88. The first-order chi connectivity index (χ1) is 17.7. The number of carboxylic acid groups (broad SMARTS) is 1. The number of aliphatic carboxylic acids is 1. The lowest BCUT2D eigenvalue weighted by molar-refractivity contribution is -0.131. The molecule has 1 unspecified atom stereocenters. The first-order valence-corrected chi connectivity index (χ1v) is 14.0. The molecule has 3 aromatic carbocycles. The highest BCUT2D eigenvalue weighted by Crippen LogP contribution is 2.37. The van der Waals surface area contributed by atoms with Gasteiger partial charge < -0.3 is 9.84 Å². The van der Waals surface area contributed by atoms with Crippen molar-refractivity contribution in [2.75, 3.05) is 10.8 Å². The molecule has 0 amide bonds. The Bertz CT molecular complexity index is 1480. The van der Waals surface area contributed by atoms with Crippen molar-refractivity contribution in [1.29, 1.82) is 0 Å². The van der Waals surface area contributed by atoms with E-state index in [0.717, 1.165) is 44.9 Å². The normalized spacial score (nSPS) is 12.4. The van der Waals surface area contributed by atoms with Crippen LogP contribution in [-0.2, 0) is 22.4 Å². The molecule has 0 saturated heterocycles. The summed E-state index contributed by atoms with van der Waals surface area (Å²) >= 11 is 1.40. The number of benzene rings is 3. The number of anilines is 1. The summed E-state index contributed by atoms with van der Waals surface area (Å²) < 4.78 is 22.6. The number of ether oxygens (including phenoxy) is 1. The van der Waals surface area contributed by atoms with Gasteiger partial charge in [-0.05, 0) is 65.4 Å². The Morgan fingerprint density at radius 2 is 1.86 bits per heavy atom. The molecule has 0 aliphatic heterocycles. The number of hydrogen-bond acceptors (Lipinski definition) is 5. The maximum absolute atomic E-state index is 13.7. The third-order valence-electron chi connectivity index (χ3n) is 5.74. The molecule has 37 heavy (non-hydrogen) atoms. The zero-order valence-electron chi connectivity index (χ0n) is 21.3. The fraction of sp³-hybridized carbons (Fsp3) is 0.241. The summed E-state index contributed by atoms with van der Waals surface area (Å²) in [4.78, 5) is 15.3. The molecule has 0 aliphatic carbocycles. The van der Waals surface area contributed by atoms with Crippen LogP contribution >= 0.6 is 11.3 Å². The standard InChI is InChI=1S/C29H30N2O4S2/c1-19(2)16-31(37(34)29-30-21(4)18-36-29)26-14-23-7-5-6-8-24(23)15-27(26)35-17-25-11-9-22(13-20(25)3)10-12-28(32)33/h5-15,18-19H,16-17H2,1-4H3,(H,32,33)/b12-10+. The number of rotatable bonds is 10. The molecule has 192 valence electrons. The summed E-state index contributed by atoms with van der Waals surface area (Å²) in [5.74, 6) is -0.0710. The SMILES string of the molecule is Cc1csc(S(=O)N(CC(C)C)c2cc3ccccc3cc2OCc2ccc(/C=C/C(=O)O)cc2C)n1. The lowest BCUT2D eigenvalue weighted by Crippen LogP contribution is -2.30. The Kier molecular flexibility index (Phi) is 8.41. The predicted molar refractivity (Wildman–Crippen MR) is 152 cm³/mol. The Morgan fingerprint density at radius 1 is 1.14 bits per heavy atom. The minimum atomic E-state index is -1.48. The molecule has 0 saturated carbocycles. The van der Waals surface area contributed by atoms with Crippen LogP contribution < -0.4 is 9.04 Å². The number of thiazole rings is 1. The van der Waals surface area contributed by atoms with Crippen molar-refractivity contribution >= 4 is 50.8 Å². The highest BCUT2D eigenvalue weighted by atomic mass is 32.2. The average molecular weight is 535 g/mol. The monoisotopic (exact) mass is 534 g/mol. The minimum Gasteiger partial charge on any atom is -0.487 e. The summed E-state index contributed by atoms with van der Waals surface area (Å²) in [6, 6.07) is 17.8. The maximum Gasteiger partial charge on any atom is 0.328 e. The van der Waals surface area contributed by atoms with Crippen molar-refractivity contribution in [3.05, 3.63) is 88.4 Å². The van der Waals surface area contributed by atoms with Gasteiger partial charge in [0.15, 0.2) is 11.0 Å². The van der Waals surface area contributed by atoms with E-state index in [4.69, 9.17) is 9.84 Å². The molecule has 4 rings (SSSR count). The molecule has 1 heterocycles. The van der Waals surface area contributed by atoms with Gasteiger partial charge in [0.05, 0.1) is 5.69 Å². The van der Waals surface area contributed by atoms with Gasteiger partial charge in [-0.2, -0.15) is 0 Å². The van der Waals surface area contributed by atoms with Crippen LogP contribution in [0.3, 0.4) is 0 Å². The van der Waals surface area contributed by atoms with Gasteiger partial charge >= 0.3 is 5.97 Å². The Labute approximate surface area is 223 Å². The molecular formula is C29H30N2O4S2. The Balaban J connectivity index is 1.71. The van der Waals surface area contributed by atoms with Crippen molar-refractivity contribution in [1.82, 2.24) is 4.98 Å². The largest absolute Gasteiger partial charge is 0.487 e. The number of nitrogens with zero attached hydrogens (tertiary/aromatic N) is 2. The van der Waals surface area contributed by atoms with Gasteiger partial charge in [-0.3, -0.25) is 4.31 Å². The van der Waals surface area contributed by atoms with Crippen LogP contribution in [0.4, 0.5) is 5.69 Å². The van der Waals surface area contributed by atoms with Gasteiger partial charge in [0, 0.05) is 23.7 Å². The van der Waals surface area contributed by atoms with Crippen LogP contribution in [0.25, 0.3) is 16.8 Å². The maximum atomic E-state index is 13.7. The molecule has 0 aliphatic rings. The van der Waals surface area contributed by atoms with Gasteiger partial charge in [0.25, 0.3) is 0 Å². The number of fused-ring (bicyclic) bond motifs is 1. The average Bonchev–Trinajstić information content (AvgIpc) is 3.30. The van der Waals surface area contributed by atoms with E-state index in [1.54, 1.807) is 6.08 Å². The summed E-state index contributed by atoms with van der Waals surface area (Å²) in [7, 11) is -1.48. The third-order valence-corrected chi connectivity index (χ3v) is 8.35. The van der Waals surface area contributed by atoms with Crippen LogP contribution in [0, 0.1) is 19.8 Å². The smallest absolute Gasteiger partial charge is 0.328 e. The van der Waals surface area contributed by atoms with E-state index >= 15 is 0 Å². The van der Waals surface area contributed by atoms with Crippen LogP contribution in [0.1, 0.15) is 36.2 Å². The fourth-order valence-corrected chi connectivity index (χ4v) is 6.35. The molecule has 0 fully saturated rings. The van der Waals surface area contributed by atoms with Crippen molar-refractivity contribution in [2.24, 2.45) is 5.92 Å². The lowest BCUT2D eigenvalue weighted by atomic mass is 10.1. The van der Waals surface area contributed by atoms with Gasteiger partial charge in [-0.15, -0.1) is 11.3 Å². The molecule has 1 aromatic heterocycles. The van der Waals surface area contributed by atoms with Crippen LogP contribution in [0.15, 0.2) is 70.4 Å². The molecule has 8 heteroatoms. The summed E-state index contributed by atoms with van der Waals surface area (Å²) in [6.45, 7) is 8.97. The number of hydrogen-bond donors (Lipinski definition) is 1. The Morgan fingerprint density at radius 3 is 2.49 bits per heavy atom. The number of aromatic nitrogens is 1. The van der Waals surface area contributed by atoms with Crippen molar-refractivity contribution in [2.45, 2.75) is 38.6 Å². The van der Waals surface area contributed by atoms with E-state index in [-0.39, 0.29) is 5.92 Å². The molecular weight excluding hydrogens is 504 g/mol. The molecule has 4 aromatic rings. The van der Waals surface area contributed by atoms with E-state index in [1.165, 1.54) is 11.3 Å². The second-order valence-corrected chi connectivity index (χ2v) is 11.7. The molecule has 1 N–H and O–H groups in total. The molecule has 6 nitrogen and oxygen atoms in total. The van der Waals surface area contributed by atoms with Crippen molar-refractivity contribution in [3.63, 3.8) is 0 Å². The first-order valence-electron chi connectivity index (χ1n) is 12.0. The van der Waals surface area contributed by atoms with Gasteiger partial charge in [0.1, 0.15) is 12.4 Å². The summed E-state index contributed by atoms with van der Waals surface area (Å²) in [6.07, 6.45) is 2.69. The van der Waals surface area contributed by atoms with Crippen molar-refractivity contribution < 1.29 is 18.8 Å². The summed E-state index contributed by atoms with van der Waals surface area (Å²) in [5, 5.41) is 12.9. The molecule has 1 atom stereocenters. The zero-order chi connectivity index (χ0) is 26.5. The van der Waals surface area contributed by atoms with E-state index in [2.05, 4.69) is 18.8 Å². The third kappa shape index (κ3) is 6.64. The second kappa shape index (κ2) is 11.7. The predicted octanol–water partition coefficient (Wildman–Crippen LogP) is 6.78. The second-order valence-electron chi connectivity index (χ2n) is 9.27. The fourth-order valence-electron chi connectivity index (χ4n) is 3.92. The quantitative estimate of drug-likeness (QED) is 0.227. The molecule has 0 bridgehead atoms. The topological polar surface area (TPSA) is 79.7 Å². The number of aryl methyl sites for hydroxylation is 2. The Hall–Kier alpha value is -3.49. The van der Waals surface area contributed by atoms with Crippen LogP contribution in [-0.4, -0.2) is 26.8 Å². The van der Waals surface area contributed by atoms with Crippen molar-refractivity contribution in [3.8, 4) is 5.75 Å². The molecule has 0 spiro atoms. The van der Waals surface area contributed by atoms with E-state index in [1.807, 2.05) is 78.1 Å². The summed E-state index contributed by atoms with van der Waals surface area (Å²) in [5.41, 5.74) is 4.41. The number of carbonyl (C=O) groups is 1. The minimum absolute atomic E-state index is 0.262. The lowest BCUT2D eigenvalue weighted by Gasteiger charge is -2.27. The van der Waals surface area contributed by atoms with Gasteiger partial charge in [0.2, 0.25) is 4.34 Å². The zero-order valence-corrected chi connectivity index (χ0v) is 22.9. The van der Waals surface area contributed by atoms with Gasteiger partial charge in [-0.1, -0.05) is 56.3 Å². The van der Waals surface area contributed by atoms with Crippen LogP contribution in [0.2, 0.25) is 0 Å².